The average Bonchev–Trinajstić information content (AvgIpc) is 2.71. The van der Waals surface area contributed by atoms with E-state index in [1.807, 2.05) is 0 Å². The van der Waals surface area contributed by atoms with Crippen LogP contribution in [0.15, 0.2) is 0 Å². The number of rotatable bonds is 7. The molecule has 0 bridgehead atoms. The fraction of sp³-hybridized carbons (Fsp3) is 1.00. The predicted octanol–water partition coefficient (Wildman–Crippen LogP) is 3.42. The van der Waals surface area contributed by atoms with Crippen LogP contribution in [0.5, 0.6) is 0 Å². The molecule has 1 saturated carbocycles. The van der Waals surface area contributed by atoms with Gasteiger partial charge in [0.1, 0.15) is 0 Å². The molecular weight excluding hydrogens is 174 g/mol. The van der Waals surface area contributed by atoms with E-state index in [1.54, 1.807) is 0 Å². The zero-order chi connectivity index (χ0) is 10.2. The molecule has 0 aromatic carbocycles. The lowest BCUT2D eigenvalue weighted by atomic mass is 10.1. The molecule has 2 nitrogen and oxygen atoms in total. The molecular formula is C12H25NO. The molecule has 0 saturated heterocycles. The molecule has 0 aromatic rings. The van der Waals surface area contributed by atoms with Crippen LogP contribution in [-0.2, 0) is 4.84 Å². The molecule has 14 heavy (non-hydrogen) atoms. The van der Waals surface area contributed by atoms with E-state index < -0.39 is 0 Å². The Bertz CT molecular complexity index is 132. The number of hydroxylamine groups is 1. The maximum absolute atomic E-state index is 5.70. The lowest BCUT2D eigenvalue weighted by Crippen LogP contribution is -2.32. The Hall–Kier alpha value is -0.0800. The molecule has 0 spiro atoms. The zero-order valence-electron chi connectivity index (χ0n) is 9.72. The molecule has 1 aliphatic rings. The second-order valence-electron chi connectivity index (χ2n) is 4.39. The first-order chi connectivity index (χ1) is 6.86. The Kier molecular flexibility index (Phi) is 6.20. The van der Waals surface area contributed by atoms with Gasteiger partial charge in [0.2, 0.25) is 0 Å². The van der Waals surface area contributed by atoms with Gasteiger partial charge in [-0.25, -0.2) is 0 Å². The predicted molar refractivity (Wildman–Crippen MR) is 60.1 cm³/mol. The minimum Gasteiger partial charge on any atom is -0.298 e. The summed E-state index contributed by atoms with van der Waals surface area (Å²) in [7, 11) is 0. The van der Waals surface area contributed by atoms with Crippen LogP contribution in [-0.4, -0.2) is 12.1 Å². The summed E-state index contributed by atoms with van der Waals surface area (Å²) in [5.41, 5.74) is 3.25. The van der Waals surface area contributed by atoms with E-state index in [0.717, 1.165) is 0 Å². The third kappa shape index (κ3) is 4.43. The van der Waals surface area contributed by atoms with Crippen LogP contribution in [0, 0.1) is 0 Å². The highest BCUT2D eigenvalue weighted by Crippen LogP contribution is 2.20. The van der Waals surface area contributed by atoms with Crippen molar-refractivity contribution >= 4 is 0 Å². The molecule has 84 valence electrons. The number of nitrogens with one attached hydrogen (secondary N) is 1. The second-order valence-corrected chi connectivity index (χ2v) is 4.39. The second kappa shape index (κ2) is 7.24. The molecule has 0 heterocycles. The fourth-order valence-electron chi connectivity index (χ4n) is 2.00. The van der Waals surface area contributed by atoms with Gasteiger partial charge in [-0.1, -0.05) is 39.5 Å². The Morgan fingerprint density at radius 1 is 1.29 bits per heavy atom. The van der Waals surface area contributed by atoms with Crippen LogP contribution in [0.3, 0.4) is 0 Å². The van der Waals surface area contributed by atoms with Gasteiger partial charge in [-0.3, -0.25) is 4.84 Å². The minimum atomic E-state index is 0.491. The Balaban J connectivity index is 2.06. The van der Waals surface area contributed by atoms with E-state index in [-0.39, 0.29) is 0 Å². The van der Waals surface area contributed by atoms with Crippen molar-refractivity contribution < 1.29 is 4.84 Å². The van der Waals surface area contributed by atoms with Crippen LogP contribution in [0.25, 0.3) is 0 Å². The largest absolute Gasteiger partial charge is 0.298 e. The van der Waals surface area contributed by atoms with Crippen molar-refractivity contribution in [2.45, 2.75) is 77.4 Å². The zero-order valence-corrected chi connectivity index (χ0v) is 9.72. The number of unbranched alkanes of at least 4 members (excludes halogenated alkanes) is 1. The van der Waals surface area contributed by atoms with E-state index in [1.165, 1.54) is 51.4 Å². The fourth-order valence-corrected chi connectivity index (χ4v) is 2.00. The third-order valence-corrected chi connectivity index (χ3v) is 3.10. The maximum atomic E-state index is 5.70. The van der Waals surface area contributed by atoms with E-state index >= 15 is 0 Å². The molecule has 0 amide bonds. The Morgan fingerprint density at radius 3 is 2.57 bits per heavy atom. The van der Waals surface area contributed by atoms with Gasteiger partial charge in [-0.05, 0) is 25.7 Å². The molecule has 1 atom stereocenters. The molecule has 1 unspecified atom stereocenters. The average molecular weight is 199 g/mol. The summed E-state index contributed by atoms with van der Waals surface area (Å²) in [6.45, 7) is 4.47. The molecule has 2 heteroatoms. The van der Waals surface area contributed by atoms with Gasteiger partial charge in [0.15, 0.2) is 0 Å². The lowest BCUT2D eigenvalue weighted by Gasteiger charge is -2.19. The highest BCUT2D eigenvalue weighted by atomic mass is 16.7. The van der Waals surface area contributed by atoms with Crippen molar-refractivity contribution in [2.24, 2.45) is 0 Å². The SMILES string of the molecule is CCCCC(CC)NOC1CCCC1. The topological polar surface area (TPSA) is 21.3 Å². The highest BCUT2D eigenvalue weighted by Gasteiger charge is 2.16. The van der Waals surface area contributed by atoms with Crippen molar-refractivity contribution in [1.29, 1.82) is 0 Å². The summed E-state index contributed by atoms with van der Waals surface area (Å²) in [6.07, 6.45) is 10.7. The third-order valence-electron chi connectivity index (χ3n) is 3.10. The first-order valence-corrected chi connectivity index (χ1v) is 6.28. The van der Waals surface area contributed by atoms with Gasteiger partial charge >= 0.3 is 0 Å². The molecule has 1 aliphatic carbocycles. The Morgan fingerprint density at radius 2 is 2.00 bits per heavy atom. The lowest BCUT2D eigenvalue weighted by molar-refractivity contribution is -0.0423. The minimum absolute atomic E-state index is 0.491. The van der Waals surface area contributed by atoms with E-state index in [2.05, 4.69) is 19.3 Å². The van der Waals surface area contributed by atoms with Gasteiger partial charge in [-0.15, -0.1) is 0 Å². The van der Waals surface area contributed by atoms with Crippen LogP contribution in [0.1, 0.15) is 65.2 Å². The summed E-state index contributed by atoms with van der Waals surface area (Å²) in [4.78, 5) is 5.70. The molecule has 1 rings (SSSR count). The monoisotopic (exact) mass is 199 g/mol. The van der Waals surface area contributed by atoms with Gasteiger partial charge in [0.05, 0.1) is 6.10 Å². The molecule has 0 aromatic heterocycles. The smallest absolute Gasteiger partial charge is 0.0790 e. The summed E-state index contributed by atoms with van der Waals surface area (Å²) in [6, 6.07) is 0.565. The first-order valence-electron chi connectivity index (χ1n) is 6.28. The molecule has 1 N–H and O–H groups in total. The first kappa shape index (κ1) is 12.0. The number of hydrogen-bond donors (Lipinski definition) is 1. The van der Waals surface area contributed by atoms with Gasteiger partial charge in [0, 0.05) is 6.04 Å². The summed E-state index contributed by atoms with van der Waals surface area (Å²) in [5.74, 6) is 0. The van der Waals surface area contributed by atoms with Gasteiger partial charge < -0.3 is 0 Å². The summed E-state index contributed by atoms with van der Waals surface area (Å²) >= 11 is 0. The molecule has 1 fully saturated rings. The maximum Gasteiger partial charge on any atom is 0.0790 e. The summed E-state index contributed by atoms with van der Waals surface area (Å²) in [5, 5.41) is 0. The normalized spacial score (nSPS) is 20.1. The van der Waals surface area contributed by atoms with Crippen LogP contribution >= 0.6 is 0 Å². The quantitative estimate of drug-likeness (QED) is 0.634. The van der Waals surface area contributed by atoms with Gasteiger partial charge in [-0.2, -0.15) is 5.48 Å². The van der Waals surface area contributed by atoms with Crippen molar-refractivity contribution in [2.75, 3.05) is 0 Å². The Labute approximate surface area is 88.4 Å². The van der Waals surface area contributed by atoms with E-state index in [9.17, 15) is 0 Å². The van der Waals surface area contributed by atoms with E-state index in [0.29, 0.717) is 12.1 Å². The number of hydrogen-bond acceptors (Lipinski definition) is 2. The standard InChI is InChI=1S/C12H25NO/c1-3-5-8-11(4-2)13-14-12-9-6-7-10-12/h11-13H,3-10H2,1-2H3. The summed E-state index contributed by atoms with van der Waals surface area (Å²) < 4.78 is 0. The van der Waals surface area contributed by atoms with Crippen LogP contribution in [0.2, 0.25) is 0 Å². The van der Waals surface area contributed by atoms with E-state index in [4.69, 9.17) is 4.84 Å². The van der Waals surface area contributed by atoms with Gasteiger partial charge in [0.25, 0.3) is 0 Å². The van der Waals surface area contributed by atoms with Crippen molar-refractivity contribution in [3.8, 4) is 0 Å². The highest BCUT2D eigenvalue weighted by molar-refractivity contribution is 4.67. The van der Waals surface area contributed by atoms with Crippen molar-refractivity contribution in [3.05, 3.63) is 0 Å². The molecule has 0 aliphatic heterocycles. The molecule has 0 radical (unpaired) electrons. The van der Waals surface area contributed by atoms with Crippen LogP contribution in [0.4, 0.5) is 0 Å². The van der Waals surface area contributed by atoms with Crippen molar-refractivity contribution in [3.63, 3.8) is 0 Å². The van der Waals surface area contributed by atoms with Crippen molar-refractivity contribution in [1.82, 2.24) is 5.48 Å². The van der Waals surface area contributed by atoms with Crippen LogP contribution < -0.4 is 5.48 Å².